The largest absolute Gasteiger partial charge is 0.271 e. The smallest absolute Gasteiger partial charge is 0.136 e. The molecule has 0 aromatic heterocycles. The van der Waals surface area contributed by atoms with E-state index in [2.05, 4.69) is 12.3 Å². The number of nitrogens with one attached hydrogen (secondary N) is 1. The standard InChI is InChI=1S/C17H29FN2S/c1-2-3-4-5-6-7-8-11-15(20-19)14-21-17-13-10-9-12-16(17)18/h9-10,12-13,15,20H,2-8,11,14,19H2,1H3. The minimum Gasteiger partial charge on any atom is -0.271 e. The van der Waals surface area contributed by atoms with Crippen molar-refractivity contribution in [2.24, 2.45) is 5.84 Å². The Bertz CT molecular complexity index is 374. The first-order chi connectivity index (χ1) is 10.3. The number of halogens is 1. The van der Waals surface area contributed by atoms with Crippen LogP contribution in [0.25, 0.3) is 0 Å². The van der Waals surface area contributed by atoms with E-state index in [1.165, 1.54) is 62.8 Å². The van der Waals surface area contributed by atoms with E-state index in [-0.39, 0.29) is 11.9 Å². The Balaban J connectivity index is 2.13. The molecule has 1 aromatic carbocycles. The Morgan fingerprint density at radius 1 is 1.10 bits per heavy atom. The fourth-order valence-electron chi connectivity index (χ4n) is 2.31. The topological polar surface area (TPSA) is 38.0 Å². The molecule has 0 heterocycles. The quantitative estimate of drug-likeness (QED) is 0.250. The van der Waals surface area contributed by atoms with Crippen molar-refractivity contribution in [1.82, 2.24) is 5.43 Å². The third-order valence-corrected chi connectivity index (χ3v) is 4.88. The molecule has 0 aliphatic carbocycles. The lowest BCUT2D eigenvalue weighted by molar-refractivity contribution is 0.492. The van der Waals surface area contributed by atoms with Gasteiger partial charge in [-0.1, -0.05) is 64.0 Å². The Labute approximate surface area is 133 Å². The summed E-state index contributed by atoms with van der Waals surface area (Å²) >= 11 is 1.54. The molecule has 1 rings (SSSR count). The normalized spacial score (nSPS) is 12.5. The van der Waals surface area contributed by atoms with E-state index in [9.17, 15) is 4.39 Å². The van der Waals surface area contributed by atoms with Gasteiger partial charge in [-0.2, -0.15) is 0 Å². The minimum absolute atomic E-state index is 0.144. The van der Waals surface area contributed by atoms with Gasteiger partial charge in [-0.05, 0) is 18.6 Å². The van der Waals surface area contributed by atoms with Gasteiger partial charge in [0.25, 0.3) is 0 Å². The molecule has 0 aliphatic heterocycles. The van der Waals surface area contributed by atoms with Crippen molar-refractivity contribution in [3.8, 4) is 0 Å². The summed E-state index contributed by atoms with van der Waals surface area (Å²) in [5.74, 6) is 6.27. The number of benzene rings is 1. The minimum atomic E-state index is -0.144. The lowest BCUT2D eigenvalue weighted by atomic mass is 10.1. The van der Waals surface area contributed by atoms with E-state index in [1.54, 1.807) is 6.07 Å². The summed E-state index contributed by atoms with van der Waals surface area (Å²) < 4.78 is 13.5. The van der Waals surface area contributed by atoms with Crippen LogP contribution in [-0.2, 0) is 0 Å². The van der Waals surface area contributed by atoms with Gasteiger partial charge in [0, 0.05) is 16.7 Å². The van der Waals surface area contributed by atoms with Crippen LogP contribution >= 0.6 is 11.8 Å². The Morgan fingerprint density at radius 3 is 2.43 bits per heavy atom. The van der Waals surface area contributed by atoms with Gasteiger partial charge in [0.05, 0.1) is 0 Å². The van der Waals surface area contributed by atoms with Crippen molar-refractivity contribution < 1.29 is 4.39 Å². The van der Waals surface area contributed by atoms with Crippen LogP contribution in [0.4, 0.5) is 4.39 Å². The molecule has 0 aliphatic rings. The molecule has 3 N–H and O–H groups in total. The van der Waals surface area contributed by atoms with Crippen LogP contribution in [0.3, 0.4) is 0 Å². The van der Waals surface area contributed by atoms with E-state index < -0.39 is 0 Å². The zero-order valence-electron chi connectivity index (χ0n) is 13.1. The van der Waals surface area contributed by atoms with Crippen LogP contribution < -0.4 is 11.3 Å². The first kappa shape index (κ1) is 18.5. The average Bonchev–Trinajstić information content (AvgIpc) is 2.51. The summed E-state index contributed by atoms with van der Waals surface area (Å²) in [4.78, 5) is 0.706. The van der Waals surface area contributed by atoms with Crippen molar-refractivity contribution in [3.63, 3.8) is 0 Å². The molecule has 0 saturated heterocycles. The van der Waals surface area contributed by atoms with Gasteiger partial charge < -0.3 is 0 Å². The highest BCUT2D eigenvalue weighted by Gasteiger charge is 2.09. The lowest BCUT2D eigenvalue weighted by Crippen LogP contribution is -2.36. The summed E-state index contributed by atoms with van der Waals surface area (Å²) in [6, 6.07) is 7.17. The molecule has 0 amide bonds. The Morgan fingerprint density at radius 2 is 1.76 bits per heavy atom. The summed E-state index contributed by atoms with van der Waals surface area (Å²) in [6.45, 7) is 2.24. The number of nitrogens with two attached hydrogens (primary N) is 1. The fourth-order valence-corrected chi connectivity index (χ4v) is 3.34. The average molecular weight is 312 g/mol. The van der Waals surface area contributed by atoms with Crippen LogP contribution in [-0.4, -0.2) is 11.8 Å². The van der Waals surface area contributed by atoms with E-state index in [4.69, 9.17) is 5.84 Å². The molecule has 21 heavy (non-hydrogen) atoms. The highest BCUT2D eigenvalue weighted by Crippen LogP contribution is 2.23. The van der Waals surface area contributed by atoms with E-state index in [0.29, 0.717) is 4.90 Å². The maximum absolute atomic E-state index is 13.5. The molecule has 0 fully saturated rings. The zero-order chi connectivity index (χ0) is 15.3. The molecule has 120 valence electrons. The second-order valence-electron chi connectivity index (χ2n) is 5.52. The number of hydrazine groups is 1. The van der Waals surface area contributed by atoms with E-state index >= 15 is 0 Å². The van der Waals surface area contributed by atoms with Gasteiger partial charge >= 0.3 is 0 Å². The van der Waals surface area contributed by atoms with Crippen LogP contribution in [0.15, 0.2) is 29.2 Å². The predicted octanol–water partition coefficient (Wildman–Crippen LogP) is 4.89. The molecule has 2 nitrogen and oxygen atoms in total. The first-order valence-electron chi connectivity index (χ1n) is 8.11. The zero-order valence-corrected chi connectivity index (χ0v) is 13.9. The van der Waals surface area contributed by atoms with Gasteiger partial charge in [-0.25, -0.2) is 4.39 Å². The monoisotopic (exact) mass is 312 g/mol. The van der Waals surface area contributed by atoms with Crippen molar-refractivity contribution in [2.45, 2.75) is 69.2 Å². The van der Waals surface area contributed by atoms with E-state index in [1.807, 2.05) is 12.1 Å². The second-order valence-corrected chi connectivity index (χ2v) is 6.58. The molecular weight excluding hydrogens is 283 g/mol. The molecule has 0 saturated carbocycles. The number of hydrogen-bond acceptors (Lipinski definition) is 3. The number of unbranched alkanes of at least 4 members (excludes halogenated alkanes) is 6. The maximum atomic E-state index is 13.5. The SMILES string of the molecule is CCCCCCCCCC(CSc1ccccc1F)NN. The Hall–Kier alpha value is -0.580. The number of rotatable bonds is 12. The van der Waals surface area contributed by atoms with Crippen LogP contribution in [0.5, 0.6) is 0 Å². The summed E-state index contributed by atoms with van der Waals surface area (Å²) in [5, 5.41) is 0. The van der Waals surface area contributed by atoms with Crippen LogP contribution in [0.1, 0.15) is 58.3 Å². The molecule has 1 unspecified atom stereocenters. The van der Waals surface area contributed by atoms with E-state index in [0.717, 1.165) is 12.2 Å². The summed E-state index contributed by atoms with van der Waals surface area (Å²) in [7, 11) is 0. The van der Waals surface area contributed by atoms with Crippen molar-refractivity contribution in [1.29, 1.82) is 0 Å². The number of thioether (sulfide) groups is 1. The predicted molar refractivity (Wildman–Crippen MR) is 90.8 cm³/mol. The Kier molecular flexibility index (Phi) is 10.6. The molecule has 0 bridgehead atoms. The van der Waals surface area contributed by atoms with Crippen molar-refractivity contribution in [2.75, 3.05) is 5.75 Å². The molecular formula is C17H29FN2S. The van der Waals surface area contributed by atoms with Crippen LogP contribution in [0.2, 0.25) is 0 Å². The highest BCUT2D eigenvalue weighted by atomic mass is 32.2. The second kappa shape index (κ2) is 12.0. The fraction of sp³-hybridized carbons (Fsp3) is 0.647. The first-order valence-corrected chi connectivity index (χ1v) is 9.10. The number of hydrogen-bond donors (Lipinski definition) is 2. The van der Waals surface area contributed by atoms with Crippen molar-refractivity contribution in [3.05, 3.63) is 30.1 Å². The molecule has 0 spiro atoms. The van der Waals surface area contributed by atoms with Gasteiger partial charge in [-0.15, -0.1) is 11.8 Å². The molecule has 4 heteroatoms. The van der Waals surface area contributed by atoms with Gasteiger partial charge in [-0.3, -0.25) is 11.3 Å². The third-order valence-electron chi connectivity index (χ3n) is 3.67. The van der Waals surface area contributed by atoms with Gasteiger partial charge in [0.15, 0.2) is 0 Å². The van der Waals surface area contributed by atoms with Crippen LogP contribution in [0, 0.1) is 5.82 Å². The highest BCUT2D eigenvalue weighted by molar-refractivity contribution is 7.99. The van der Waals surface area contributed by atoms with Gasteiger partial charge in [0.2, 0.25) is 0 Å². The molecule has 1 atom stereocenters. The third kappa shape index (κ3) is 8.44. The summed E-state index contributed by atoms with van der Waals surface area (Å²) in [5.41, 5.74) is 2.86. The van der Waals surface area contributed by atoms with Gasteiger partial charge in [0.1, 0.15) is 5.82 Å². The van der Waals surface area contributed by atoms with Crippen molar-refractivity contribution >= 4 is 11.8 Å². The molecule has 0 radical (unpaired) electrons. The lowest BCUT2D eigenvalue weighted by Gasteiger charge is -2.15. The summed E-state index contributed by atoms with van der Waals surface area (Å²) in [6.07, 6.45) is 10.2. The molecule has 1 aromatic rings. The maximum Gasteiger partial charge on any atom is 0.136 e.